The highest BCUT2D eigenvalue weighted by atomic mass is 79.9. The average molecular weight is 505 g/mol. The third-order valence-electron chi connectivity index (χ3n) is 4.74. The topological polar surface area (TPSA) is 95.5 Å². The van der Waals surface area contributed by atoms with Crippen molar-refractivity contribution in [1.82, 2.24) is 5.32 Å². The van der Waals surface area contributed by atoms with E-state index >= 15 is 0 Å². The number of anilines is 1. The Morgan fingerprint density at radius 1 is 1.10 bits per heavy atom. The van der Waals surface area contributed by atoms with Crippen molar-refractivity contribution in [3.63, 3.8) is 0 Å². The van der Waals surface area contributed by atoms with Crippen molar-refractivity contribution in [2.24, 2.45) is 0 Å². The van der Waals surface area contributed by atoms with E-state index in [1.807, 2.05) is 0 Å². The van der Waals surface area contributed by atoms with Crippen LogP contribution in [0.15, 0.2) is 58.4 Å². The number of thiophene rings is 1. The molecule has 0 spiro atoms. The number of hydrogen-bond acceptors (Lipinski definition) is 4. The zero-order chi connectivity index (χ0) is 22.8. The number of aliphatic carboxylic acids is 1. The first-order valence-electron chi connectivity index (χ1n) is 9.09. The average Bonchev–Trinajstić information content (AvgIpc) is 3.24. The molecule has 0 saturated heterocycles. The summed E-state index contributed by atoms with van der Waals surface area (Å²) >= 11 is 4.48. The summed E-state index contributed by atoms with van der Waals surface area (Å²) in [5.41, 5.74) is -0.206. The number of nitrogens with one attached hydrogen (secondary N) is 2. The number of amides is 2. The van der Waals surface area contributed by atoms with Gasteiger partial charge in [-0.1, -0.05) is 28.1 Å². The van der Waals surface area contributed by atoms with Gasteiger partial charge in [0, 0.05) is 21.3 Å². The summed E-state index contributed by atoms with van der Waals surface area (Å²) in [7, 11) is 0. The van der Waals surface area contributed by atoms with Gasteiger partial charge in [0.1, 0.15) is 5.82 Å². The summed E-state index contributed by atoms with van der Waals surface area (Å²) < 4.78 is 13.7. The van der Waals surface area contributed by atoms with E-state index in [1.165, 1.54) is 30.4 Å². The first kappa shape index (κ1) is 22.6. The smallest absolute Gasteiger partial charge is 0.333 e. The van der Waals surface area contributed by atoms with Gasteiger partial charge in [0.2, 0.25) is 0 Å². The molecule has 3 N–H and O–H groups in total. The number of halogens is 2. The normalized spacial score (nSPS) is 12.6. The molecule has 1 atom stereocenters. The molecule has 3 aromatic rings. The molecule has 0 radical (unpaired) electrons. The second-order valence-electron chi connectivity index (χ2n) is 6.97. The van der Waals surface area contributed by atoms with Crippen LogP contribution in [0.5, 0.6) is 0 Å². The summed E-state index contributed by atoms with van der Waals surface area (Å²) in [4.78, 5) is 37.6. The van der Waals surface area contributed by atoms with E-state index in [2.05, 4.69) is 26.6 Å². The van der Waals surface area contributed by atoms with E-state index in [4.69, 9.17) is 0 Å². The van der Waals surface area contributed by atoms with Gasteiger partial charge in [-0.15, -0.1) is 11.3 Å². The quantitative estimate of drug-likeness (QED) is 0.442. The maximum absolute atomic E-state index is 13.4. The highest BCUT2D eigenvalue weighted by Crippen LogP contribution is 2.30. The van der Waals surface area contributed by atoms with Crippen molar-refractivity contribution in [2.75, 3.05) is 5.32 Å². The van der Waals surface area contributed by atoms with Crippen molar-refractivity contribution in [3.8, 4) is 0 Å². The zero-order valence-corrected chi connectivity index (χ0v) is 18.9. The maximum Gasteiger partial charge on any atom is 0.333 e. The highest BCUT2D eigenvalue weighted by Gasteiger charge is 2.39. The van der Waals surface area contributed by atoms with Crippen LogP contribution in [-0.4, -0.2) is 22.9 Å². The lowest BCUT2D eigenvalue weighted by atomic mass is 9.91. The first-order chi connectivity index (χ1) is 14.6. The van der Waals surface area contributed by atoms with Gasteiger partial charge in [-0.05, 0) is 61.2 Å². The second kappa shape index (κ2) is 8.99. The van der Waals surface area contributed by atoms with Crippen LogP contribution in [0.2, 0.25) is 0 Å². The number of carbonyl (C=O) groups is 3. The predicted octanol–water partition coefficient (Wildman–Crippen LogP) is 4.94. The van der Waals surface area contributed by atoms with Crippen LogP contribution >= 0.6 is 27.3 Å². The van der Waals surface area contributed by atoms with Gasteiger partial charge in [-0.3, -0.25) is 9.59 Å². The molecule has 3 rings (SSSR count). The van der Waals surface area contributed by atoms with Crippen LogP contribution in [0.3, 0.4) is 0 Å². The monoisotopic (exact) mass is 504 g/mol. The molecule has 0 fully saturated rings. The van der Waals surface area contributed by atoms with E-state index < -0.39 is 23.2 Å². The molecule has 1 aromatic heterocycles. The Bertz CT molecular complexity index is 1170. The van der Waals surface area contributed by atoms with Crippen LogP contribution in [0, 0.1) is 12.7 Å². The van der Waals surface area contributed by atoms with Crippen LogP contribution in [0.4, 0.5) is 10.1 Å². The molecule has 6 nitrogen and oxygen atoms in total. The Morgan fingerprint density at radius 3 is 2.42 bits per heavy atom. The number of carboxylic acids is 1. The second-order valence-corrected chi connectivity index (χ2v) is 8.77. The molecule has 0 aliphatic rings. The van der Waals surface area contributed by atoms with E-state index in [-0.39, 0.29) is 21.5 Å². The lowest BCUT2D eigenvalue weighted by Gasteiger charge is -2.28. The van der Waals surface area contributed by atoms with Crippen molar-refractivity contribution in [3.05, 3.63) is 85.8 Å². The van der Waals surface area contributed by atoms with E-state index in [9.17, 15) is 23.9 Å². The summed E-state index contributed by atoms with van der Waals surface area (Å²) in [5.74, 6) is -2.72. The van der Waals surface area contributed by atoms with Gasteiger partial charge in [-0.2, -0.15) is 0 Å². The first-order valence-corrected chi connectivity index (χ1v) is 10.8. The molecule has 1 heterocycles. The SMILES string of the molecule is Cc1cc(C(=O)NC(C)(C(=O)O)c2ccc(F)cc2Br)ccc1NC(=O)c1cccs1. The van der Waals surface area contributed by atoms with Gasteiger partial charge < -0.3 is 15.7 Å². The summed E-state index contributed by atoms with van der Waals surface area (Å²) in [5, 5.41) is 16.9. The fraction of sp³-hybridized carbons (Fsp3) is 0.136. The van der Waals surface area contributed by atoms with Crippen LogP contribution in [0.25, 0.3) is 0 Å². The molecule has 0 saturated carbocycles. The minimum Gasteiger partial charge on any atom is -0.479 e. The van der Waals surface area contributed by atoms with E-state index in [0.29, 0.717) is 16.1 Å². The van der Waals surface area contributed by atoms with Crippen molar-refractivity contribution in [2.45, 2.75) is 19.4 Å². The third kappa shape index (κ3) is 4.83. The van der Waals surface area contributed by atoms with Gasteiger partial charge >= 0.3 is 5.97 Å². The van der Waals surface area contributed by atoms with Gasteiger partial charge in [-0.25, -0.2) is 9.18 Å². The van der Waals surface area contributed by atoms with Crippen molar-refractivity contribution < 1.29 is 23.9 Å². The summed E-state index contributed by atoms with van der Waals surface area (Å²) in [6.07, 6.45) is 0. The standard InChI is InChI=1S/C22H18BrFN2O4S/c1-12-10-13(5-8-17(12)25-20(28)18-4-3-9-31-18)19(27)26-22(2,21(29)30)15-7-6-14(24)11-16(15)23/h3-11H,1-2H3,(H,25,28)(H,26,27)(H,29,30). The van der Waals surface area contributed by atoms with Crippen LogP contribution in [-0.2, 0) is 10.3 Å². The largest absolute Gasteiger partial charge is 0.479 e. The van der Waals surface area contributed by atoms with Gasteiger partial charge in [0.05, 0.1) is 4.88 Å². The van der Waals surface area contributed by atoms with Crippen molar-refractivity contribution in [1.29, 1.82) is 0 Å². The predicted molar refractivity (Wildman–Crippen MR) is 120 cm³/mol. The Labute approximate surface area is 190 Å². The van der Waals surface area contributed by atoms with E-state index in [0.717, 1.165) is 12.1 Å². The molecule has 160 valence electrons. The minimum absolute atomic E-state index is 0.200. The number of carbonyl (C=O) groups excluding carboxylic acids is 2. The maximum atomic E-state index is 13.4. The fourth-order valence-corrected chi connectivity index (χ4v) is 4.33. The highest BCUT2D eigenvalue weighted by molar-refractivity contribution is 9.10. The number of rotatable bonds is 6. The van der Waals surface area contributed by atoms with Gasteiger partial charge in [0.25, 0.3) is 11.8 Å². The Hall–Kier alpha value is -3.04. The molecule has 31 heavy (non-hydrogen) atoms. The lowest BCUT2D eigenvalue weighted by molar-refractivity contribution is -0.144. The lowest BCUT2D eigenvalue weighted by Crippen LogP contribution is -2.49. The number of benzene rings is 2. The summed E-state index contributed by atoms with van der Waals surface area (Å²) in [6, 6.07) is 11.7. The molecule has 9 heteroatoms. The molecule has 2 amide bonds. The Morgan fingerprint density at radius 2 is 1.84 bits per heavy atom. The van der Waals surface area contributed by atoms with E-state index in [1.54, 1.807) is 36.6 Å². The molecule has 0 aliphatic carbocycles. The minimum atomic E-state index is -1.80. The molecule has 0 bridgehead atoms. The zero-order valence-electron chi connectivity index (χ0n) is 16.5. The molecule has 1 unspecified atom stereocenters. The summed E-state index contributed by atoms with van der Waals surface area (Å²) in [6.45, 7) is 3.06. The Kier molecular flexibility index (Phi) is 6.56. The Balaban J connectivity index is 1.83. The molecular formula is C22H18BrFN2O4S. The van der Waals surface area contributed by atoms with Crippen molar-refractivity contribution >= 4 is 50.7 Å². The molecular weight excluding hydrogens is 487 g/mol. The number of hydrogen-bond donors (Lipinski definition) is 3. The third-order valence-corrected chi connectivity index (χ3v) is 6.27. The number of aryl methyl sites for hydroxylation is 1. The van der Waals surface area contributed by atoms with Crippen LogP contribution in [0.1, 0.15) is 38.1 Å². The number of carboxylic acid groups (broad SMARTS) is 1. The molecule has 2 aromatic carbocycles. The van der Waals surface area contributed by atoms with Crippen LogP contribution < -0.4 is 10.6 Å². The fourth-order valence-electron chi connectivity index (χ4n) is 2.97. The van der Waals surface area contributed by atoms with Gasteiger partial charge in [0.15, 0.2) is 5.54 Å². The molecule has 0 aliphatic heterocycles.